The van der Waals surface area contributed by atoms with Gasteiger partial charge in [0.05, 0.1) is 23.6 Å². The lowest BCUT2D eigenvalue weighted by Gasteiger charge is -2.19. The molecule has 0 aromatic carbocycles. The molecule has 1 aromatic heterocycles. The van der Waals surface area contributed by atoms with Gasteiger partial charge in [0.15, 0.2) is 0 Å². The maximum Gasteiger partial charge on any atom is 0.137 e. The summed E-state index contributed by atoms with van der Waals surface area (Å²) in [6, 6.07) is 4.75. The Morgan fingerprint density at radius 1 is 1.35 bits per heavy atom. The molecule has 0 bridgehead atoms. The van der Waals surface area contributed by atoms with Gasteiger partial charge in [0, 0.05) is 12.6 Å². The third kappa shape index (κ3) is 3.93. The van der Waals surface area contributed by atoms with Crippen molar-refractivity contribution >= 4 is 0 Å². The maximum absolute atomic E-state index is 5.91. The van der Waals surface area contributed by atoms with E-state index in [1.165, 1.54) is 12.8 Å². The van der Waals surface area contributed by atoms with Crippen molar-refractivity contribution < 1.29 is 9.47 Å². The Labute approximate surface area is 120 Å². The molecule has 1 aliphatic heterocycles. The van der Waals surface area contributed by atoms with E-state index in [0.29, 0.717) is 6.61 Å². The van der Waals surface area contributed by atoms with Gasteiger partial charge in [-0.15, -0.1) is 0 Å². The average molecular weight is 276 g/mol. The summed E-state index contributed by atoms with van der Waals surface area (Å²) in [5, 5.41) is 3.45. The first-order valence-electron chi connectivity index (χ1n) is 7.60. The first kappa shape index (κ1) is 13.8. The monoisotopic (exact) mass is 276 g/mol. The van der Waals surface area contributed by atoms with E-state index in [2.05, 4.69) is 24.1 Å². The lowest BCUT2D eigenvalue weighted by molar-refractivity contribution is -0.0327. The van der Waals surface area contributed by atoms with Crippen LogP contribution in [0.15, 0.2) is 18.3 Å². The zero-order valence-corrected chi connectivity index (χ0v) is 12.4. The van der Waals surface area contributed by atoms with Crippen molar-refractivity contribution in [3.8, 4) is 5.75 Å². The normalized spacial score (nSPS) is 24.8. The van der Waals surface area contributed by atoms with Crippen molar-refractivity contribution in [1.29, 1.82) is 0 Å². The van der Waals surface area contributed by atoms with Crippen LogP contribution in [0, 0.1) is 0 Å². The molecule has 1 saturated heterocycles. The molecule has 0 amide bonds. The Kier molecular flexibility index (Phi) is 3.94. The average Bonchev–Trinajstić information content (AvgIpc) is 3.19. The number of nitrogens with one attached hydrogen (secondary N) is 1. The van der Waals surface area contributed by atoms with Crippen molar-refractivity contribution in [3.63, 3.8) is 0 Å². The fourth-order valence-corrected chi connectivity index (χ4v) is 2.52. The van der Waals surface area contributed by atoms with Gasteiger partial charge in [0.2, 0.25) is 0 Å². The van der Waals surface area contributed by atoms with Gasteiger partial charge in [-0.05, 0) is 51.7 Å². The second-order valence-corrected chi connectivity index (χ2v) is 6.49. The second-order valence-electron chi connectivity index (χ2n) is 6.49. The van der Waals surface area contributed by atoms with Gasteiger partial charge in [-0.3, -0.25) is 4.98 Å². The number of nitrogens with zero attached hydrogens (tertiary/aromatic N) is 1. The molecule has 0 radical (unpaired) electrons. The quantitative estimate of drug-likeness (QED) is 0.867. The van der Waals surface area contributed by atoms with Crippen LogP contribution < -0.4 is 10.1 Å². The van der Waals surface area contributed by atoms with Crippen molar-refractivity contribution in [2.45, 2.75) is 63.8 Å². The van der Waals surface area contributed by atoms with E-state index < -0.39 is 0 Å². The molecule has 1 N–H and O–H groups in total. The highest BCUT2D eigenvalue weighted by molar-refractivity contribution is 5.20. The van der Waals surface area contributed by atoms with Crippen LogP contribution in [0.2, 0.25) is 0 Å². The Morgan fingerprint density at radius 3 is 2.80 bits per heavy atom. The second kappa shape index (κ2) is 5.70. The van der Waals surface area contributed by atoms with Gasteiger partial charge >= 0.3 is 0 Å². The SMILES string of the molecule is CC1(C)CCC(COc2ccc(CNC3CC3)nc2)O1. The van der Waals surface area contributed by atoms with Crippen LogP contribution in [0.5, 0.6) is 5.75 Å². The van der Waals surface area contributed by atoms with E-state index in [9.17, 15) is 0 Å². The number of hydrogen-bond donors (Lipinski definition) is 1. The third-order valence-corrected chi connectivity index (χ3v) is 3.94. The molecule has 0 spiro atoms. The van der Waals surface area contributed by atoms with E-state index in [-0.39, 0.29) is 11.7 Å². The summed E-state index contributed by atoms with van der Waals surface area (Å²) >= 11 is 0. The number of hydrogen-bond acceptors (Lipinski definition) is 4. The minimum Gasteiger partial charge on any atom is -0.489 e. The lowest BCUT2D eigenvalue weighted by atomic mass is 10.1. The number of pyridine rings is 1. The molecule has 110 valence electrons. The molecule has 20 heavy (non-hydrogen) atoms. The largest absolute Gasteiger partial charge is 0.489 e. The van der Waals surface area contributed by atoms with Gasteiger partial charge in [-0.1, -0.05) is 0 Å². The summed E-state index contributed by atoms with van der Waals surface area (Å²) in [5.41, 5.74) is 1.08. The first-order chi connectivity index (χ1) is 9.61. The summed E-state index contributed by atoms with van der Waals surface area (Å²) in [4.78, 5) is 4.42. The molecule has 1 aromatic rings. The van der Waals surface area contributed by atoms with E-state index in [4.69, 9.17) is 9.47 Å². The number of ether oxygens (including phenoxy) is 2. The molecule has 3 rings (SSSR count). The summed E-state index contributed by atoms with van der Waals surface area (Å²) < 4.78 is 11.7. The van der Waals surface area contributed by atoms with Crippen LogP contribution >= 0.6 is 0 Å². The predicted octanol–water partition coefficient (Wildman–Crippen LogP) is 2.67. The Bertz CT molecular complexity index is 440. The van der Waals surface area contributed by atoms with Crippen molar-refractivity contribution in [3.05, 3.63) is 24.0 Å². The summed E-state index contributed by atoms with van der Waals surface area (Å²) in [5.74, 6) is 0.827. The van der Waals surface area contributed by atoms with Crippen LogP contribution in [0.25, 0.3) is 0 Å². The van der Waals surface area contributed by atoms with E-state index in [0.717, 1.165) is 36.9 Å². The maximum atomic E-state index is 5.91. The molecule has 4 nitrogen and oxygen atoms in total. The lowest BCUT2D eigenvalue weighted by Crippen LogP contribution is -2.23. The fourth-order valence-electron chi connectivity index (χ4n) is 2.52. The Balaban J connectivity index is 1.43. The summed E-state index contributed by atoms with van der Waals surface area (Å²) in [6.45, 7) is 5.74. The predicted molar refractivity (Wildman–Crippen MR) is 77.8 cm³/mol. The van der Waals surface area contributed by atoms with Gasteiger partial charge in [0.1, 0.15) is 12.4 Å². The fraction of sp³-hybridized carbons (Fsp3) is 0.688. The molecule has 1 unspecified atom stereocenters. The summed E-state index contributed by atoms with van der Waals surface area (Å²) in [6.07, 6.45) is 6.80. The molecule has 2 fully saturated rings. The van der Waals surface area contributed by atoms with E-state index in [1.54, 1.807) is 0 Å². The molecule has 4 heteroatoms. The van der Waals surface area contributed by atoms with Gasteiger partial charge < -0.3 is 14.8 Å². The van der Waals surface area contributed by atoms with E-state index >= 15 is 0 Å². The Hall–Kier alpha value is -1.13. The molecule has 1 saturated carbocycles. The zero-order chi connectivity index (χ0) is 14.0. The van der Waals surface area contributed by atoms with E-state index in [1.807, 2.05) is 18.3 Å². The zero-order valence-electron chi connectivity index (χ0n) is 12.4. The van der Waals surface area contributed by atoms with Gasteiger partial charge in [-0.25, -0.2) is 0 Å². The van der Waals surface area contributed by atoms with Crippen molar-refractivity contribution in [2.75, 3.05) is 6.61 Å². The van der Waals surface area contributed by atoms with Crippen LogP contribution in [0.1, 0.15) is 45.2 Å². The van der Waals surface area contributed by atoms with Crippen LogP contribution in [-0.4, -0.2) is 29.3 Å². The molecule has 1 aliphatic carbocycles. The molecule has 2 aliphatic rings. The van der Waals surface area contributed by atoms with Crippen molar-refractivity contribution in [1.82, 2.24) is 10.3 Å². The molecular formula is C16H24N2O2. The van der Waals surface area contributed by atoms with Crippen LogP contribution in [-0.2, 0) is 11.3 Å². The minimum absolute atomic E-state index is 0.00458. The first-order valence-corrected chi connectivity index (χ1v) is 7.60. The highest BCUT2D eigenvalue weighted by Crippen LogP contribution is 2.29. The molecule has 1 atom stereocenters. The number of aromatic nitrogens is 1. The smallest absolute Gasteiger partial charge is 0.137 e. The standard InChI is InChI=1S/C16H24N2O2/c1-16(2)8-7-15(20-16)11-19-14-6-5-13(18-10-14)9-17-12-3-4-12/h5-6,10,12,15,17H,3-4,7-9,11H2,1-2H3. The highest BCUT2D eigenvalue weighted by atomic mass is 16.6. The topological polar surface area (TPSA) is 43.4 Å². The minimum atomic E-state index is 0.00458. The number of rotatable bonds is 6. The van der Waals surface area contributed by atoms with Gasteiger partial charge in [0.25, 0.3) is 0 Å². The molecule has 2 heterocycles. The third-order valence-electron chi connectivity index (χ3n) is 3.94. The Morgan fingerprint density at radius 2 is 2.20 bits per heavy atom. The van der Waals surface area contributed by atoms with Crippen LogP contribution in [0.3, 0.4) is 0 Å². The van der Waals surface area contributed by atoms with Crippen molar-refractivity contribution in [2.24, 2.45) is 0 Å². The van der Waals surface area contributed by atoms with Gasteiger partial charge in [-0.2, -0.15) is 0 Å². The van der Waals surface area contributed by atoms with Crippen LogP contribution in [0.4, 0.5) is 0 Å². The summed E-state index contributed by atoms with van der Waals surface area (Å²) in [7, 11) is 0. The molecular weight excluding hydrogens is 252 g/mol. The highest BCUT2D eigenvalue weighted by Gasteiger charge is 2.31.